The molecule has 0 aromatic rings. The summed E-state index contributed by atoms with van der Waals surface area (Å²) in [5, 5.41) is 11.5. The quantitative estimate of drug-likeness (QED) is 0.135. The van der Waals surface area contributed by atoms with Gasteiger partial charge in [0.1, 0.15) is 11.6 Å². The molecule has 0 aromatic heterocycles. The SMILES string of the molecule is CCCCCCCCCCC(CC(=O)CC(CCCCCC(C)=O)C(=O)OCC)C(=O)[O-].[Na+]. The molecule has 2 unspecified atom stereocenters. The van der Waals surface area contributed by atoms with Crippen LogP contribution in [0.1, 0.15) is 124 Å². The third-order valence-electron chi connectivity index (χ3n) is 5.89. The summed E-state index contributed by atoms with van der Waals surface area (Å²) < 4.78 is 5.11. The Morgan fingerprint density at radius 2 is 1.21 bits per heavy atom. The molecule has 0 N–H and O–H groups in total. The Labute approximate surface area is 223 Å². The van der Waals surface area contributed by atoms with E-state index in [1.54, 1.807) is 13.8 Å². The Morgan fingerprint density at radius 1 is 0.727 bits per heavy atom. The minimum Gasteiger partial charge on any atom is -0.550 e. The smallest absolute Gasteiger partial charge is 0.550 e. The standard InChI is InChI=1S/C26H46O6.Na/c1-4-6-7-8-9-10-11-14-17-22(25(29)30)19-24(28)20-23(26(31)32-5-2)18-15-12-13-16-21(3)27;/h22-23H,4-20H2,1-3H3,(H,29,30);/q;+1/p-1. The van der Waals surface area contributed by atoms with Crippen LogP contribution in [0.25, 0.3) is 0 Å². The van der Waals surface area contributed by atoms with Crippen LogP contribution in [0, 0.1) is 11.8 Å². The molecule has 0 aliphatic carbocycles. The van der Waals surface area contributed by atoms with Gasteiger partial charge in [-0.05, 0) is 33.1 Å². The van der Waals surface area contributed by atoms with Crippen LogP contribution in [0.4, 0.5) is 0 Å². The van der Waals surface area contributed by atoms with Crippen molar-refractivity contribution in [1.82, 2.24) is 0 Å². The zero-order valence-corrected chi connectivity index (χ0v) is 23.6. The van der Waals surface area contributed by atoms with E-state index in [4.69, 9.17) is 4.74 Å². The van der Waals surface area contributed by atoms with Gasteiger partial charge in [0.2, 0.25) is 0 Å². The van der Waals surface area contributed by atoms with Crippen LogP contribution in [0.15, 0.2) is 0 Å². The number of esters is 1. The largest absolute Gasteiger partial charge is 1.00 e. The van der Waals surface area contributed by atoms with Gasteiger partial charge in [-0.1, -0.05) is 71.1 Å². The summed E-state index contributed by atoms with van der Waals surface area (Å²) in [6.07, 6.45) is 12.7. The molecule has 0 fully saturated rings. The molecule has 0 rings (SSSR count). The molecule has 0 heterocycles. The first-order valence-electron chi connectivity index (χ1n) is 12.7. The van der Waals surface area contributed by atoms with Crippen LogP contribution in [0.5, 0.6) is 0 Å². The van der Waals surface area contributed by atoms with Crippen molar-refractivity contribution in [1.29, 1.82) is 0 Å². The molecule has 0 aliphatic heterocycles. The topological polar surface area (TPSA) is 101 Å². The Hall–Kier alpha value is -0.720. The Balaban J connectivity index is 0. The minimum atomic E-state index is -1.18. The summed E-state index contributed by atoms with van der Waals surface area (Å²) in [5.41, 5.74) is 0. The van der Waals surface area contributed by atoms with Crippen molar-refractivity contribution in [2.45, 2.75) is 124 Å². The summed E-state index contributed by atoms with van der Waals surface area (Å²) in [5.74, 6) is -3.00. The molecule has 7 heteroatoms. The van der Waals surface area contributed by atoms with E-state index in [9.17, 15) is 24.3 Å². The maximum Gasteiger partial charge on any atom is 1.00 e. The van der Waals surface area contributed by atoms with Crippen molar-refractivity contribution in [3.63, 3.8) is 0 Å². The monoisotopic (exact) mass is 476 g/mol. The number of carboxylic acid groups (broad SMARTS) is 1. The molecule has 0 spiro atoms. The number of ether oxygens (including phenoxy) is 1. The summed E-state index contributed by atoms with van der Waals surface area (Å²) in [7, 11) is 0. The fraction of sp³-hybridized carbons (Fsp3) is 0.846. The predicted octanol–water partition coefficient (Wildman–Crippen LogP) is 1.96. The van der Waals surface area contributed by atoms with Gasteiger partial charge in [0.15, 0.2) is 0 Å². The van der Waals surface area contributed by atoms with Crippen molar-refractivity contribution >= 4 is 23.5 Å². The molecule has 6 nitrogen and oxygen atoms in total. The summed E-state index contributed by atoms with van der Waals surface area (Å²) in [4.78, 5) is 47.3. The first-order chi connectivity index (χ1) is 15.3. The van der Waals surface area contributed by atoms with Crippen molar-refractivity contribution in [3.8, 4) is 0 Å². The molecule has 0 saturated heterocycles. The van der Waals surface area contributed by atoms with Crippen molar-refractivity contribution in [2.24, 2.45) is 11.8 Å². The minimum absolute atomic E-state index is 0. The molecular weight excluding hydrogens is 431 g/mol. The van der Waals surface area contributed by atoms with Gasteiger partial charge in [-0.25, -0.2) is 0 Å². The molecule has 2 atom stereocenters. The Bertz CT molecular complexity index is 549. The van der Waals surface area contributed by atoms with E-state index < -0.39 is 23.8 Å². The third-order valence-corrected chi connectivity index (χ3v) is 5.89. The number of carbonyl (C=O) groups is 4. The van der Waals surface area contributed by atoms with E-state index in [0.717, 1.165) is 38.5 Å². The second-order valence-electron chi connectivity index (χ2n) is 8.98. The summed E-state index contributed by atoms with van der Waals surface area (Å²) in [6.45, 7) is 5.71. The van der Waals surface area contributed by atoms with Gasteiger partial charge in [-0.15, -0.1) is 0 Å². The van der Waals surface area contributed by atoms with Crippen LogP contribution < -0.4 is 34.7 Å². The first kappa shape index (κ1) is 34.4. The van der Waals surface area contributed by atoms with E-state index >= 15 is 0 Å². The van der Waals surface area contributed by atoms with E-state index in [0.29, 0.717) is 19.3 Å². The summed E-state index contributed by atoms with van der Waals surface area (Å²) in [6, 6.07) is 0. The fourth-order valence-corrected chi connectivity index (χ4v) is 3.97. The van der Waals surface area contributed by atoms with Gasteiger partial charge in [0.25, 0.3) is 0 Å². The van der Waals surface area contributed by atoms with E-state index in [1.807, 2.05) is 0 Å². The van der Waals surface area contributed by atoms with Crippen molar-refractivity contribution < 1.29 is 58.6 Å². The van der Waals surface area contributed by atoms with Crippen LogP contribution in [-0.2, 0) is 23.9 Å². The van der Waals surface area contributed by atoms with Crippen LogP contribution in [0.3, 0.4) is 0 Å². The number of ketones is 2. The second-order valence-corrected chi connectivity index (χ2v) is 8.98. The predicted molar refractivity (Wildman–Crippen MR) is 124 cm³/mol. The van der Waals surface area contributed by atoms with E-state index in [2.05, 4.69) is 6.92 Å². The van der Waals surface area contributed by atoms with Crippen molar-refractivity contribution in [2.75, 3.05) is 6.61 Å². The van der Waals surface area contributed by atoms with E-state index in [-0.39, 0.29) is 60.6 Å². The normalized spacial score (nSPS) is 12.5. The average molecular weight is 477 g/mol. The van der Waals surface area contributed by atoms with Gasteiger partial charge in [0, 0.05) is 31.1 Å². The number of Topliss-reactive ketones (excluding diaryl/α,β-unsaturated/α-hetero) is 2. The van der Waals surface area contributed by atoms with Gasteiger partial charge in [0.05, 0.1) is 12.5 Å². The number of hydrogen-bond donors (Lipinski definition) is 0. The van der Waals surface area contributed by atoms with Crippen LogP contribution >= 0.6 is 0 Å². The first-order valence-corrected chi connectivity index (χ1v) is 12.7. The maximum atomic E-state index is 12.5. The second kappa shape index (κ2) is 23.0. The Morgan fingerprint density at radius 3 is 1.73 bits per heavy atom. The van der Waals surface area contributed by atoms with Gasteiger partial charge < -0.3 is 19.4 Å². The molecule has 0 bridgehead atoms. The zero-order valence-electron chi connectivity index (χ0n) is 21.6. The third kappa shape index (κ3) is 20.4. The molecule has 0 aliphatic rings. The van der Waals surface area contributed by atoms with Crippen molar-refractivity contribution in [3.05, 3.63) is 0 Å². The zero-order chi connectivity index (χ0) is 24.2. The van der Waals surface area contributed by atoms with Crippen LogP contribution in [0.2, 0.25) is 0 Å². The number of hydrogen-bond acceptors (Lipinski definition) is 6. The fourth-order valence-electron chi connectivity index (χ4n) is 3.97. The molecule has 33 heavy (non-hydrogen) atoms. The van der Waals surface area contributed by atoms with E-state index in [1.165, 1.54) is 32.1 Å². The Kier molecular flexibility index (Phi) is 24.1. The molecule has 186 valence electrons. The molecule has 0 aromatic carbocycles. The van der Waals surface area contributed by atoms with Crippen LogP contribution in [-0.4, -0.2) is 30.1 Å². The average Bonchev–Trinajstić information content (AvgIpc) is 2.73. The number of carboxylic acids is 1. The number of carbonyl (C=O) groups excluding carboxylic acids is 4. The van der Waals surface area contributed by atoms with Gasteiger partial charge >= 0.3 is 35.5 Å². The number of unbranched alkanes of at least 4 members (excludes halogenated alkanes) is 9. The number of aliphatic carboxylic acids is 1. The molecule has 0 saturated carbocycles. The molecule has 0 amide bonds. The maximum absolute atomic E-state index is 12.5. The van der Waals surface area contributed by atoms with Gasteiger partial charge in [-0.2, -0.15) is 0 Å². The van der Waals surface area contributed by atoms with Gasteiger partial charge in [-0.3, -0.25) is 9.59 Å². The molecule has 0 radical (unpaired) electrons. The number of rotatable bonds is 22. The summed E-state index contributed by atoms with van der Waals surface area (Å²) >= 11 is 0. The molecular formula is C26H45NaO6.